The number of rotatable bonds is 6. The van der Waals surface area contributed by atoms with E-state index in [1.807, 2.05) is 14.0 Å². The third-order valence-electron chi connectivity index (χ3n) is 4.36. The molecule has 2 amide bonds. The summed E-state index contributed by atoms with van der Waals surface area (Å²) in [7, 11) is 3.98. The standard InChI is InChI=1S/C14H25N3O2/c1-10(12-6-7-13(18)15-12)14(19)17(3)9-8-16(2)11-4-5-11/h10-12H,4-9H2,1-3H3,(H,15,18)/t10-,12+/m1/s1. The van der Waals surface area contributed by atoms with Crippen LogP contribution < -0.4 is 5.32 Å². The lowest BCUT2D eigenvalue weighted by atomic mass is 9.99. The van der Waals surface area contributed by atoms with Crippen molar-refractivity contribution in [2.45, 2.75) is 44.7 Å². The molecule has 0 bridgehead atoms. The van der Waals surface area contributed by atoms with Gasteiger partial charge in [-0.15, -0.1) is 0 Å². The molecule has 1 saturated carbocycles. The van der Waals surface area contributed by atoms with Gasteiger partial charge in [0.1, 0.15) is 0 Å². The molecule has 0 aromatic rings. The number of hydrogen-bond donors (Lipinski definition) is 1. The minimum absolute atomic E-state index is 0.0172. The molecule has 1 saturated heterocycles. The normalized spacial score (nSPS) is 24.4. The molecular formula is C14H25N3O2. The highest BCUT2D eigenvalue weighted by Crippen LogP contribution is 2.25. The van der Waals surface area contributed by atoms with E-state index < -0.39 is 0 Å². The van der Waals surface area contributed by atoms with Gasteiger partial charge < -0.3 is 15.1 Å². The molecule has 1 N–H and O–H groups in total. The third-order valence-corrected chi connectivity index (χ3v) is 4.36. The number of nitrogens with one attached hydrogen (secondary N) is 1. The van der Waals surface area contributed by atoms with Crippen molar-refractivity contribution in [3.63, 3.8) is 0 Å². The summed E-state index contributed by atoms with van der Waals surface area (Å²) in [5, 5.41) is 2.89. The molecule has 0 radical (unpaired) electrons. The Morgan fingerprint density at radius 1 is 1.32 bits per heavy atom. The summed E-state index contributed by atoms with van der Waals surface area (Å²) in [6, 6.07) is 0.749. The molecule has 1 aliphatic heterocycles. The maximum atomic E-state index is 12.3. The smallest absolute Gasteiger partial charge is 0.227 e. The van der Waals surface area contributed by atoms with Gasteiger partial charge in [-0.1, -0.05) is 6.92 Å². The zero-order chi connectivity index (χ0) is 14.0. The van der Waals surface area contributed by atoms with Crippen LogP contribution in [0.3, 0.4) is 0 Å². The fraction of sp³-hybridized carbons (Fsp3) is 0.857. The predicted molar refractivity (Wildman–Crippen MR) is 73.6 cm³/mol. The number of nitrogens with zero attached hydrogens (tertiary/aromatic N) is 2. The molecule has 5 nitrogen and oxygen atoms in total. The maximum Gasteiger partial charge on any atom is 0.227 e. The Kier molecular flexibility index (Phi) is 4.45. The quantitative estimate of drug-likeness (QED) is 0.760. The van der Waals surface area contributed by atoms with Gasteiger partial charge in [-0.3, -0.25) is 9.59 Å². The first-order valence-electron chi connectivity index (χ1n) is 7.23. The lowest BCUT2D eigenvalue weighted by molar-refractivity contribution is -0.134. The molecule has 2 fully saturated rings. The average Bonchev–Trinajstić information content (AvgIpc) is 3.16. The average molecular weight is 267 g/mol. The van der Waals surface area contributed by atoms with Crippen LogP contribution in [0.4, 0.5) is 0 Å². The summed E-state index contributed by atoms with van der Waals surface area (Å²) in [6.07, 6.45) is 3.91. The van der Waals surface area contributed by atoms with Crippen LogP contribution in [0.25, 0.3) is 0 Å². The lowest BCUT2D eigenvalue weighted by Gasteiger charge is -2.27. The number of likely N-dealkylation sites (N-methyl/N-ethyl adjacent to an activating group) is 2. The van der Waals surface area contributed by atoms with E-state index in [4.69, 9.17) is 0 Å². The van der Waals surface area contributed by atoms with E-state index in [0.717, 1.165) is 25.6 Å². The van der Waals surface area contributed by atoms with Gasteiger partial charge in [-0.25, -0.2) is 0 Å². The molecule has 5 heteroatoms. The summed E-state index contributed by atoms with van der Waals surface area (Å²) < 4.78 is 0. The fourth-order valence-electron chi connectivity index (χ4n) is 2.65. The molecule has 0 unspecified atom stereocenters. The minimum Gasteiger partial charge on any atom is -0.353 e. The Morgan fingerprint density at radius 3 is 2.53 bits per heavy atom. The highest BCUT2D eigenvalue weighted by atomic mass is 16.2. The van der Waals surface area contributed by atoms with Crippen molar-refractivity contribution < 1.29 is 9.59 Å². The zero-order valence-corrected chi connectivity index (χ0v) is 12.2. The van der Waals surface area contributed by atoms with Crippen molar-refractivity contribution in [1.82, 2.24) is 15.1 Å². The SMILES string of the molecule is C[C@@H](C(=O)N(C)CCN(C)C1CC1)[C@@H]1CCC(=O)N1. The van der Waals surface area contributed by atoms with Crippen molar-refractivity contribution in [2.75, 3.05) is 27.2 Å². The van der Waals surface area contributed by atoms with E-state index in [-0.39, 0.29) is 23.8 Å². The molecule has 0 aromatic heterocycles. The van der Waals surface area contributed by atoms with E-state index in [2.05, 4.69) is 17.3 Å². The molecule has 108 valence electrons. The monoisotopic (exact) mass is 267 g/mol. The second kappa shape index (κ2) is 5.90. The van der Waals surface area contributed by atoms with Crippen molar-refractivity contribution in [3.05, 3.63) is 0 Å². The van der Waals surface area contributed by atoms with Crippen molar-refractivity contribution in [1.29, 1.82) is 0 Å². The largest absolute Gasteiger partial charge is 0.353 e. The predicted octanol–water partition coefficient (Wildman–Crippen LogP) is 0.454. The van der Waals surface area contributed by atoms with E-state index in [9.17, 15) is 9.59 Å². The molecular weight excluding hydrogens is 242 g/mol. The summed E-state index contributed by atoms with van der Waals surface area (Å²) in [5.41, 5.74) is 0. The second-order valence-electron chi connectivity index (χ2n) is 5.97. The van der Waals surface area contributed by atoms with Crippen molar-refractivity contribution in [3.8, 4) is 0 Å². The first-order valence-corrected chi connectivity index (χ1v) is 7.23. The van der Waals surface area contributed by atoms with Crippen LogP contribution in [-0.4, -0.2) is 60.9 Å². The Bertz CT molecular complexity index is 355. The maximum absolute atomic E-state index is 12.3. The van der Waals surface area contributed by atoms with Crippen molar-refractivity contribution in [2.24, 2.45) is 5.92 Å². The van der Waals surface area contributed by atoms with Crippen LogP contribution in [0.1, 0.15) is 32.6 Å². The van der Waals surface area contributed by atoms with Crippen molar-refractivity contribution >= 4 is 11.8 Å². The van der Waals surface area contributed by atoms with E-state index in [0.29, 0.717) is 6.42 Å². The van der Waals surface area contributed by atoms with Crippen LogP contribution >= 0.6 is 0 Å². The van der Waals surface area contributed by atoms with Gasteiger partial charge in [0, 0.05) is 38.6 Å². The molecule has 0 spiro atoms. The van der Waals surface area contributed by atoms with Crippen LogP contribution in [-0.2, 0) is 9.59 Å². The molecule has 1 aliphatic carbocycles. The van der Waals surface area contributed by atoms with Gasteiger partial charge in [0.2, 0.25) is 11.8 Å². The highest BCUT2D eigenvalue weighted by Gasteiger charge is 2.32. The molecule has 19 heavy (non-hydrogen) atoms. The summed E-state index contributed by atoms with van der Waals surface area (Å²) in [5.74, 6) is 0.0832. The number of hydrogen-bond acceptors (Lipinski definition) is 3. The summed E-state index contributed by atoms with van der Waals surface area (Å²) in [4.78, 5) is 27.6. The zero-order valence-electron chi connectivity index (χ0n) is 12.2. The Morgan fingerprint density at radius 2 is 2.00 bits per heavy atom. The highest BCUT2D eigenvalue weighted by molar-refractivity contribution is 5.83. The van der Waals surface area contributed by atoms with E-state index in [1.165, 1.54) is 12.8 Å². The lowest BCUT2D eigenvalue weighted by Crippen LogP contribution is -2.44. The van der Waals surface area contributed by atoms with Gasteiger partial charge in [-0.2, -0.15) is 0 Å². The molecule has 2 aliphatic rings. The summed E-state index contributed by atoms with van der Waals surface area (Å²) in [6.45, 7) is 3.60. The fourth-order valence-corrected chi connectivity index (χ4v) is 2.65. The van der Waals surface area contributed by atoms with Gasteiger partial charge in [0.15, 0.2) is 0 Å². The Labute approximate surface area is 115 Å². The Balaban J connectivity index is 1.75. The minimum atomic E-state index is -0.123. The molecule has 2 atom stereocenters. The molecule has 2 rings (SSSR count). The van der Waals surface area contributed by atoms with Crippen LogP contribution in [0.15, 0.2) is 0 Å². The number of carbonyl (C=O) groups excluding carboxylic acids is 2. The first-order chi connectivity index (χ1) is 8.99. The van der Waals surface area contributed by atoms with E-state index in [1.54, 1.807) is 4.90 Å². The van der Waals surface area contributed by atoms with Gasteiger partial charge in [-0.05, 0) is 26.3 Å². The van der Waals surface area contributed by atoms with Crippen LogP contribution in [0, 0.1) is 5.92 Å². The topological polar surface area (TPSA) is 52.7 Å². The van der Waals surface area contributed by atoms with Gasteiger partial charge in [0.05, 0.1) is 5.92 Å². The number of amides is 2. The van der Waals surface area contributed by atoms with Crippen LogP contribution in [0.5, 0.6) is 0 Å². The number of carbonyl (C=O) groups is 2. The van der Waals surface area contributed by atoms with Gasteiger partial charge in [0.25, 0.3) is 0 Å². The van der Waals surface area contributed by atoms with E-state index >= 15 is 0 Å². The molecule has 0 aromatic carbocycles. The first kappa shape index (κ1) is 14.3. The summed E-state index contributed by atoms with van der Waals surface area (Å²) >= 11 is 0. The second-order valence-corrected chi connectivity index (χ2v) is 5.97. The molecule has 1 heterocycles. The van der Waals surface area contributed by atoms with Gasteiger partial charge >= 0.3 is 0 Å². The van der Waals surface area contributed by atoms with Crippen LogP contribution in [0.2, 0.25) is 0 Å². The third kappa shape index (κ3) is 3.69. The Hall–Kier alpha value is -1.10.